The molecule has 0 radical (unpaired) electrons. The van der Waals surface area contributed by atoms with Crippen LogP contribution in [0.4, 0.5) is 18.9 Å². The van der Waals surface area contributed by atoms with E-state index in [4.69, 9.17) is 23.2 Å². The van der Waals surface area contributed by atoms with E-state index in [9.17, 15) is 22.8 Å². The van der Waals surface area contributed by atoms with Crippen molar-refractivity contribution in [2.24, 2.45) is 0 Å². The third kappa shape index (κ3) is 6.41. The number of hydrogen-bond acceptors (Lipinski definition) is 3. The largest absolute Gasteiger partial charge is 0.466 e. The molecule has 152 valence electrons. The monoisotopic (exact) mass is 443 g/mol. The minimum Gasteiger partial charge on any atom is -0.466 e. The fraction of sp³-hybridized carbons (Fsp3) is 0.200. The molecule has 2 aromatic rings. The molecule has 0 saturated heterocycles. The number of nitrogens with one attached hydrogen (secondary N) is 1. The van der Waals surface area contributed by atoms with Gasteiger partial charge in [0.25, 0.3) is 0 Å². The summed E-state index contributed by atoms with van der Waals surface area (Å²) in [5.41, 5.74) is -1.59. The molecule has 0 atom stereocenters. The first-order chi connectivity index (χ1) is 13.6. The second-order valence-corrected chi connectivity index (χ2v) is 6.48. The van der Waals surface area contributed by atoms with Crippen molar-refractivity contribution in [3.8, 4) is 11.8 Å². The Morgan fingerprint density at radius 1 is 1.10 bits per heavy atom. The molecule has 2 rings (SSSR count). The standard InChI is InChI=1S/C20H14Cl2F3NO3/c1-2-29-18(28)11-17(27)26-19-13(8-7-12-5-3-4-6-16(12)22)9-14(21)10-15(19)20(23,24)25/h3-6,9-10H,2,11H2,1H3,(H,26,27). The van der Waals surface area contributed by atoms with Crippen LogP contribution in [0.2, 0.25) is 10.0 Å². The Labute approximate surface area is 174 Å². The van der Waals surface area contributed by atoms with Gasteiger partial charge < -0.3 is 10.1 Å². The first kappa shape index (κ1) is 22.6. The highest BCUT2D eigenvalue weighted by atomic mass is 35.5. The number of anilines is 1. The molecule has 9 heteroatoms. The van der Waals surface area contributed by atoms with Crippen molar-refractivity contribution in [2.45, 2.75) is 19.5 Å². The fourth-order valence-corrected chi connectivity index (χ4v) is 2.69. The lowest BCUT2D eigenvalue weighted by atomic mass is 10.1. The summed E-state index contributed by atoms with van der Waals surface area (Å²) in [4.78, 5) is 23.5. The zero-order chi connectivity index (χ0) is 21.6. The van der Waals surface area contributed by atoms with E-state index in [1.54, 1.807) is 31.2 Å². The average molecular weight is 444 g/mol. The second kappa shape index (κ2) is 9.68. The van der Waals surface area contributed by atoms with Crippen molar-refractivity contribution in [1.82, 2.24) is 0 Å². The Bertz CT molecular complexity index is 995. The Balaban J connectivity index is 2.50. The van der Waals surface area contributed by atoms with E-state index in [0.717, 1.165) is 0 Å². The fourth-order valence-electron chi connectivity index (χ4n) is 2.29. The lowest BCUT2D eigenvalue weighted by molar-refractivity contribution is -0.145. The number of carbonyl (C=O) groups is 2. The van der Waals surface area contributed by atoms with Gasteiger partial charge in [0.2, 0.25) is 5.91 Å². The number of rotatable bonds is 4. The molecule has 0 heterocycles. The van der Waals surface area contributed by atoms with Gasteiger partial charge in [-0.25, -0.2) is 0 Å². The van der Waals surface area contributed by atoms with Crippen LogP contribution in [0.3, 0.4) is 0 Å². The summed E-state index contributed by atoms with van der Waals surface area (Å²) in [6.07, 6.45) is -5.57. The maximum Gasteiger partial charge on any atom is 0.418 e. The van der Waals surface area contributed by atoms with Crippen molar-refractivity contribution >= 4 is 40.8 Å². The molecule has 0 aliphatic carbocycles. The lowest BCUT2D eigenvalue weighted by Gasteiger charge is -2.16. The van der Waals surface area contributed by atoms with Crippen LogP contribution in [0.25, 0.3) is 0 Å². The zero-order valence-electron chi connectivity index (χ0n) is 15.0. The summed E-state index contributed by atoms with van der Waals surface area (Å²) in [5.74, 6) is 3.38. The summed E-state index contributed by atoms with van der Waals surface area (Å²) in [5, 5.41) is 2.19. The van der Waals surface area contributed by atoms with Crippen molar-refractivity contribution in [1.29, 1.82) is 0 Å². The highest BCUT2D eigenvalue weighted by Gasteiger charge is 2.35. The van der Waals surface area contributed by atoms with Gasteiger partial charge in [-0.05, 0) is 31.2 Å². The van der Waals surface area contributed by atoms with Crippen LogP contribution < -0.4 is 5.32 Å². The number of carbonyl (C=O) groups excluding carboxylic acids is 2. The first-order valence-electron chi connectivity index (χ1n) is 8.24. The van der Waals surface area contributed by atoms with Crippen LogP contribution in [-0.2, 0) is 20.5 Å². The van der Waals surface area contributed by atoms with Gasteiger partial charge in [0.05, 0.1) is 28.4 Å². The number of amides is 1. The van der Waals surface area contributed by atoms with Crippen LogP contribution >= 0.6 is 23.2 Å². The predicted molar refractivity (Wildman–Crippen MR) is 104 cm³/mol. The Morgan fingerprint density at radius 3 is 2.38 bits per heavy atom. The summed E-state index contributed by atoms with van der Waals surface area (Å²) in [7, 11) is 0. The van der Waals surface area contributed by atoms with Gasteiger partial charge in [0.15, 0.2) is 0 Å². The number of halogens is 5. The van der Waals surface area contributed by atoms with Gasteiger partial charge >= 0.3 is 12.1 Å². The van der Waals surface area contributed by atoms with E-state index in [-0.39, 0.29) is 17.2 Å². The van der Waals surface area contributed by atoms with E-state index in [1.165, 1.54) is 6.07 Å². The van der Waals surface area contributed by atoms with Crippen LogP contribution in [0.15, 0.2) is 36.4 Å². The van der Waals surface area contributed by atoms with Gasteiger partial charge in [0, 0.05) is 10.6 Å². The van der Waals surface area contributed by atoms with Gasteiger partial charge in [-0.2, -0.15) is 13.2 Å². The molecular weight excluding hydrogens is 430 g/mol. The molecule has 0 aliphatic rings. The van der Waals surface area contributed by atoms with E-state index >= 15 is 0 Å². The van der Waals surface area contributed by atoms with Gasteiger partial charge in [-0.1, -0.05) is 47.2 Å². The van der Waals surface area contributed by atoms with Crippen molar-refractivity contribution in [3.63, 3.8) is 0 Å². The smallest absolute Gasteiger partial charge is 0.418 e. The number of esters is 1. The van der Waals surface area contributed by atoms with Crippen LogP contribution in [0.5, 0.6) is 0 Å². The van der Waals surface area contributed by atoms with Crippen molar-refractivity contribution < 1.29 is 27.5 Å². The molecule has 0 aromatic heterocycles. The normalized spacial score (nSPS) is 10.7. The third-order valence-corrected chi connectivity index (χ3v) is 4.04. The number of ether oxygens (including phenoxy) is 1. The number of alkyl halides is 3. The molecule has 0 bridgehead atoms. The molecule has 0 unspecified atom stereocenters. The van der Waals surface area contributed by atoms with Gasteiger partial charge in [-0.3, -0.25) is 9.59 Å². The average Bonchev–Trinajstić information content (AvgIpc) is 2.61. The molecule has 1 N–H and O–H groups in total. The van der Waals surface area contributed by atoms with Crippen LogP contribution in [0, 0.1) is 11.8 Å². The lowest BCUT2D eigenvalue weighted by Crippen LogP contribution is -2.21. The van der Waals surface area contributed by atoms with Gasteiger partial charge in [0.1, 0.15) is 6.42 Å². The summed E-state index contributed by atoms with van der Waals surface area (Å²) < 4.78 is 45.1. The first-order valence-corrected chi connectivity index (χ1v) is 9.00. The Morgan fingerprint density at radius 2 is 1.76 bits per heavy atom. The Kier molecular flexibility index (Phi) is 7.54. The molecular formula is C20H14Cl2F3NO3. The maximum absolute atomic E-state index is 13.5. The van der Waals surface area contributed by atoms with E-state index in [0.29, 0.717) is 16.7 Å². The molecule has 4 nitrogen and oxygen atoms in total. The van der Waals surface area contributed by atoms with E-state index < -0.39 is 35.7 Å². The highest BCUT2D eigenvalue weighted by Crippen LogP contribution is 2.38. The van der Waals surface area contributed by atoms with E-state index in [2.05, 4.69) is 21.9 Å². The quantitative estimate of drug-likeness (QED) is 0.396. The van der Waals surface area contributed by atoms with Crippen LogP contribution in [-0.4, -0.2) is 18.5 Å². The van der Waals surface area contributed by atoms with Gasteiger partial charge in [-0.15, -0.1) is 0 Å². The number of hydrogen-bond donors (Lipinski definition) is 1. The topological polar surface area (TPSA) is 55.4 Å². The third-order valence-electron chi connectivity index (χ3n) is 3.49. The summed E-state index contributed by atoms with van der Waals surface area (Å²) >= 11 is 11.8. The molecule has 1 amide bonds. The summed E-state index contributed by atoms with van der Waals surface area (Å²) in [6, 6.07) is 8.35. The highest BCUT2D eigenvalue weighted by molar-refractivity contribution is 6.31. The molecule has 29 heavy (non-hydrogen) atoms. The molecule has 0 aliphatic heterocycles. The number of benzene rings is 2. The van der Waals surface area contributed by atoms with Crippen molar-refractivity contribution in [3.05, 3.63) is 63.1 Å². The zero-order valence-corrected chi connectivity index (χ0v) is 16.5. The minimum atomic E-state index is -4.82. The molecule has 0 fully saturated rings. The SMILES string of the molecule is CCOC(=O)CC(=O)Nc1c(C#Cc2ccccc2Cl)cc(Cl)cc1C(F)(F)F. The maximum atomic E-state index is 13.5. The predicted octanol–water partition coefficient (Wildman–Crippen LogP) is 5.30. The Hall–Kier alpha value is -2.69. The second-order valence-electron chi connectivity index (χ2n) is 5.63. The molecule has 2 aromatic carbocycles. The van der Waals surface area contributed by atoms with E-state index in [1.807, 2.05) is 0 Å². The minimum absolute atomic E-state index is 0.0371. The molecule has 0 spiro atoms. The molecule has 0 saturated carbocycles. The van der Waals surface area contributed by atoms with Crippen LogP contribution in [0.1, 0.15) is 30.0 Å². The summed E-state index contributed by atoms with van der Waals surface area (Å²) in [6.45, 7) is 1.58. The van der Waals surface area contributed by atoms with Crippen molar-refractivity contribution in [2.75, 3.05) is 11.9 Å².